The van der Waals surface area contributed by atoms with Gasteiger partial charge in [0.05, 0.1) is 6.10 Å². The van der Waals surface area contributed by atoms with Gasteiger partial charge in [0.25, 0.3) is 0 Å². The fraction of sp³-hybridized carbons (Fsp3) is 0.684. The lowest BCUT2D eigenvalue weighted by molar-refractivity contribution is 0.00992. The first-order valence-corrected chi connectivity index (χ1v) is 9.20. The van der Waals surface area contributed by atoms with Gasteiger partial charge in [0.2, 0.25) is 0 Å². The zero-order chi connectivity index (χ0) is 17.9. The van der Waals surface area contributed by atoms with Crippen LogP contribution in [0.15, 0.2) is 23.5 Å². The lowest BCUT2D eigenvalue weighted by Crippen LogP contribution is -2.47. The highest BCUT2D eigenvalue weighted by Crippen LogP contribution is 2.14. The van der Waals surface area contributed by atoms with Gasteiger partial charge < -0.3 is 19.7 Å². The van der Waals surface area contributed by atoms with Crippen LogP contribution in [0.4, 0.5) is 0 Å². The van der Waals surface area contributed by atoms with E-state index in [2.05, 4.69) is 33.2 Å². The van der Waals surface area contributed by atoms with Gasteiger partial charge in [0.15, 0.2) is 5.96 Å². The van der Waals surface area contributed by atoms with Crippen LogP contribution < -0.4 is 5.32 Å². The van der Waals surface area contributed by atoms with Crippen LogP contribution in [0.1, 0.15) is 30.4 Å². The van der Waals surface area contributed by atoms with Gasteiger partial charge in [-0.25, -0.2) is 0 Å². The molecule has 140 valence electrons. The molecule has 1 saturated heterocycles. The van der Waals surface area contributed by atoms with Gasteiger partial charge in [0, 0.05) is 59.4 Å². The van der Waals surface area contributed by atoms with E-state index in [1.807, 2.05) is 19.4 Å². The molecule has 25 heavy (non-hydrogen) atoms. The average molecular weight is 348 g/mol. The number of nitrogens with zero attached hydrogens (tertiary/aromatic N) is 3. The van der Waals surface area contributed by atoms with Gasteiger partial charge in [0.1, 0.15) is 0 Å². The molecule has 0 atom stereocenters. The zero-order valence-electron chi connectivity index (χ0n) is 15.8. The summed E-state index contributed by atoms with van der Waals surface area (Å²) in [6.45, 7) is 6.52. The predicted octanol–water partition coefficient (Wildman–Crippen LogP) is 2.03. The third-order valence-corrected chi connectivity index (χ3v) is 4.61. The first kappa shape index (κ1) is 19.7. The van der Waals surface area contributed by atoms with Crippen LogP contribution in [0.25, 0.3) is 0 Å². The first-order chi connectivity index (χ1) is 12.2. The minimum atomic E-state index is 0.366. The summed E-state index contributed by atoms with van der Waals surface area (Å²) in [4.78, 5) is 10.9. The monoisotopic (exact) mass is 348 g/mol. The molecule has 0 aliphatic carbocycles. The molecule has 1 fully saturated rings. The largest absolute Gasteiger partial charge is 0.385 e. The van der Waals surface area contributed by atoms with E-state index in [1.54, 1.807) is 7.11 Å². The van der Waals surface area contributed by atoms with Crippen molar-refractivity contribution in [3.05, 3.63) is 29.6 Å². The van der Waals surface area contributed by atoms with Gasteiger partial charge in [-0.05, 0) is 49.8 Å². The normalized spacial score (nSPS) is 16.3. The number of aromatic nitrogens is 1. The number of aryl methyl sites for hydroxylation is 1. The summed E-state index contributed by atoms with van der Waals surface area (Å²) < 4.78 is 11.0. The molecule has 0 aromatic carbocycles. The van der Waals surface area contributed by atoms with E-state index in [0.717, 1.165) is 64.5 Å². The number of ether oxygens (including phenoxy) is 2. The van der Waals surface area contributed by atoms with E-state index in [9.17, 15) is 0 Å². The predicted molar refractivity (Wildman–Crippen MR) is 101 cm³/mol. The Morgan fingerprint density at radius 3 is 2.84 bits per heavy atom. The summed E-state index contributed by atoms with van der Waals surface area (Å²) in [5, 5.41) is 3.49. The molecule has 0 spiro atoms. The van der Waals surface area contributed by atoms with Gasteiger partial charge in [-0.15, -0.1) is 0 Å². The Morgan fingerprint density at radius 2 is 2.16 bits per heavy atom. The van der Waals surface area contributed by atoms with E-state index in [1.165, 1.54) is 11.1 Å². The van der Waals surface area contributed by atoms with Crippen LogP contribution in [-0.4, -0.2) is 69.0 Å². The Kier molecular flexibility index (Phi) is 8.69. The Balaban J connectivity index is 1.69. The van der Waals surface area contributed by atoms with Crippen LogP contribution in [0, 0.1) is 6.92 Å². The third kappa shape index (κ3) is 6.63. The van der Waals surface area contributed by atoms with Crippen LogP contribution in [-0.2, 0) is 15.9 Å². The minimum Gasteiger partial charge on any atom is -0.385 e. The highest BCUT2D eigenvalue weighted by molar-refractivity contribution is 5.79. The van der Waals surface area contributed by atoms with Crippen LogP contribution in [0.3, 0.4) is 0 Å². The maximum atomic E-state index is 5.93. The Bertz CT molecular complexity index is 528. The van der Waals surface area contributed by atoms with E-state index < -0.39 is 0 Å². The second kappa shape index (κ2) is 11.1. The zero-order valence-corrected chi connectivity index (χ0v) is 15.8. The minimum absolute atomic E-state index is 0.366. The van der Waals surface area contributed by atoms with Crippen molar-refractivity contribution < 1.29 is 9.47 Å². The third-order valence-electron chi connectivity index (χ3n) is 4.61. The standard InChI is InChI=1S/C19H32N4O2/c1-16-15-21-9-5-17(16)6-10-22-19(20-2)23-11-7-18(8-12-23)25-14-4-13-24-3/h5,9,15,18H,4,6-8,10-14H2,1-3H3,(H,20,22). The number of aliphatic imine (C=N–C) groups is 1. The molecule has 0 bridgehead atoms. The van der Waals surface area contributed by atoms with Crippen molar-refractivity contribution in [3.8, 4) is 0 Å². The maximum Gasteiger partial charge on any atom is 0.193 e. The Labute approximate surface area is 151 Å². The molecule has 0 unspecified atom stereocenters. The highest BCUT2D eigenvalue weighted by Gasteiger charge is 2.21. The van der Waals surface area contributed by atoms with Crippen LogP contribution >= 0.6 is 0 Å². The molecule has 2 rings (SSSR count). The topological polar surface area (TPSA) is 59.0 Å². The number of rotatable bonds is 8. The number of methoxy groups -OCH3 is 1. The van der Waals surface area contributed by atoms with E-state index in [0.29, 0.717) is 6.10 Å². The number of piperidine rings is 1. The molecule has 1 aliphatic rings. The van der Waals surface area contributed by atoms with Gasteiger partial charge in [-0.2, -0.15) is 0 Å². The lowest BCUT2D eigenvalue weighted by Gasteiger charge is -2.34. The Morgan fingerprint density at radius 1 is 1.36 bits per heavy atom. The van der Waals surface area contributed by atoms with Crippen molar-refractivity contribution in [3.63, 3.8) is 0 Å². The lowest BCUT2D eigenvalue weighted by atomic mass is 10.1. The smallest absolute Gasteiger partial charge is 0.193 e. The quantitative estimate of drug-likeness (QED) is 0.442. The van der Waals surface area contributed by atoms with Gasteiger partial charge in [-0.3, -0.25) is 9.98 Å². The van der Waals surface area contributed by atoms with E-state index >= 15 is 0 Å². The molecule has 1 N–H and O–H groups in total. The molecular weight excluding hydrogens is 316 g/mol. The van der Waals surface area contributed by atoms with Crippen molar-refractivity contribution >= 4 is 5.96 Å². The van der Waals surface area contributed by atoms with Crippen molar-refractivity contribution in [1.29, 1.82) is 0 Å². The van der Waals surface area contributed by atoms with Gasteiger partial charge in [-0.1, -0.05) is 0 Å². The second-order valence-electron chi connectivity index (χ2n) is 6.43. The summed E-state index contributed by atoms with van der Waals surface area (Å²) >= 11 is 0. The Hall–Kier alpha value is -1.66. The average Bonchev–Trinajstić information content (AvgIpc) is 2.64. The SMILES string of the molecule is CN=C(NCCc1ccncc1C)N1CCC(OCCCOC)CC1. The van der Waals surface area contributed by atoms with E-state index in [-0.39, 0.29) is 0 Å². The number of nitrogens with one attached hydrogen (secondary N) is 1. The summed E-state index contributed by atoms with van der Waals surface area (Å²) in [5.74, 6) is 0.990. The van der Waals surface area contributed by atoms with Crippen molar-refractivity contribution in [2.45, 2.75) is 38.7 Å². The fourth-order valence-corrected chi connectivity index (χ4v) is 3.11. The summed E-state index contributed by atoms with van der Waals surface area (Å²) in [5.41, 5.74) is 2.58. The summed E-state index contributed by atoms with van der Waals surface area (Å²) in [6, 6.07) is 2.09. The molecule has 1 aromatic heterocycles. The second-order valence-corrected chi connectivity index (χ2v) is 6.43. The number of hydrogen-bond donors (Lipinski definition) is 1. The number of pyridine rings is 1. The highest BCUT2D eigenvalue weighted by atomic mass is 16.5. The molecule has 6 nitrogen and oxygen atoms in total. The number of hydrogen-bond acceptors (Lipinski definition) is 4. The summed E-state index contributed by atoms with van der Waals surface area (Å²) in [6.07, 6.45) is 8.19. The summed E-state index contributed by atoms with van der Waals surface area (Å²) in [7, 11) is 3.58. The van der Waals surface area contributed by atoms with Crippen LogP contribution in [0.2, 0.25) is 0 Å². The van der Waals surface area contributed by atoms with Crippen molar-refractivity contribution in [2.24, 2.45) is 4.99 Å². The molecule has 1 aromatic rings. The van der Waals surface area contributed by atoms with Gasteiger partial charge >= 0.3 is 0 Å². The molecule has 2 heterocycles. The number of guanidine groups is 1. The number of likely N-dealkylation sites (tertiary alicyclic amines) is 1. The molecule has 6 heteroatoms. The first-order valence-electron chi connectivity index (χ1n) is 9.20. The molecular formula is C19H32N4O2. The molecule has 0 amide bonds. The molecule has 0 radical (unpaired) electrons. The molecule has 1 aliphatic heterocycles. The van der Waals surface area contributed by atoms with E-state index in [4.69, 9.17) is 9.47 Å². The van der Waals surface area contributed by atoms with Crippen molar-refractivity contribution in [1.82, 2.24) is 15.2 Å². The van der Waals surface area contributed by atoms with Crippen molar-refractivity contribution in [2.75, 3.05) is 47.0 Å². The fourth-order valence-electron chi connectivity index (χ4n) is 3.11. The van der Waals surface area contributed by atoms with Crippen LogP contribution in [0.5, 0.6) is 0 Å². The maximum absolute atomic E-state index is 5.93. The molecule has 0 saturated carbocycles.